The van der Waals surface area contributed by atoms with Gasteiger partial charge in [-0.25, -0.2) is 0 Å². The summed E-state index contributed by atoms with van der Waals surface area (Å²) in [6.45, 7) is 1.22. The first-order valence-electron chi connectivity index (χ1n) is 1.11. The fourth-order valence-electron chi connectivity index (χ4n) is 0. The highest BCUT2D eigenvalue weighted by Gasteiger charge is 1.93. The largest absolute Gasteiger partial charge is 0.524 e. The van der Waals surface area contributed by atoms with E-state index >= 15 is 0 Å². The number of hydrogen-bond acceptors (Lipinski definition) is 2. The van der Waals surface area contributed by atoms with E-state index in [1.807, 2.05) is 0 Å². The Labute approximate surface area is 29.1 Å². The Hall–Kier alpha value is -0.570. The monoisotopic (exact) mass is 77.0 g/mol. The van der Waals surface area contributed by atoms with Crippen LogP contribution in [0.4, 0.5) is 0 Å². The average molecular weight is 77.1 g/mol. The Bertz CT molecular complexity index is 40.2. The van der Waals surface area contributed by atoms with Crippen molar-refractivity contribution in [3.8, 4) is 0 Å². The SMILES string of the molecule is CC(=[OH+])OO. The molecular formula is C2H5O3+. The van der Waals surface area contributed by atoms with E-state index in [2.05, 4.69) is 4.89 Å². The molecule has 3 nitrogen and oxygen atoms in total. The molecule has 0 heterocycles. The first kappa shape index (κ1) is 4.43. The van der Waals surface area contributed by atoms with E-state index in [4.69, 9.17) is 10.1 Å². The van der Waals surface area contributed by atoms with Crippen LogP contribution >= 0.6 is 0 Å². The maximum atomic E-state index is 7.81. The molecule has 0 radical (unpaired) electrons. The number of rotatable bonds is 0. The normalized spacial score (nSPS) is 6.80. The van der Waals surface area contributed by atoms with Gasteiger partial charge in [-0.3, -0.25) is 0 Å². The van der Waals surface area contributed by atoms with Crippen molar-refractivity contribution in [3.63, 3.8) is 0 Å². The van der Waals surface area contributed by atoms with Crippen LogP contribution in [0.2, 0.25) is 0 Å². The maximum Gasteiger partial charge on any atom is 0.524 e. The van der Waals surface area contributed by atoms with E-state index in [1.54, 1.807) is 0 Å². The third-order valence-corrected chi connectivity index (χ3v) is 0.132. The van der Waals surface area contributed by atoms with Gasteiger partial charge in [0.25, 0.3) is 0 Å². The van der Waals surface area contributed by atoms with Gasteiger partial charge in [-0.05, 0) is 0 Å². The third kappa shape index (κ3) is 3.43. The minimum atomic E-state index is -0.440. The molecule has 0 spiro atoms. The van der Waals surface area contributed by atoms with Crippen LogP contribution in [-0.4, -0.2) is 16.0 Å². The molecule has 0 aromatic heterocycles. The molecule has 0 aromatic rings. The first-order chi connectivity index (χ1) is 2.27. The summed E-state index contributed by atoms with van der Waals surface area (Å²) in [5.41, 5.74) is 0. The Morgan fingerprint density at radius 1 is 2.00 bits per heavy atom. The van der Waals surface area contributed by atoms with Gasteiger partial charge < -0.3 is 4.79 Å². The van der Waals surface area contributed by atoms with Crippen molar-refractivity contribution in [2.75, 3.05) is 0 Å². The van der Waals surface area contributed by atoms with Crippen LogP contribution in [0.3, 0.4) is 0 Å². The molecule has 0 aliphatic rings. The quantitative estimate of drug-likeness (QED) is 0.251. The standard InChI is InChI=1S/C2H4O3/c1-2(3)5-4/h4H,1H3/p+1. The summed E-state index contributed by atoms with van der Waals surface area (Å²) in [6.07, 6.45) is 0. The van der Waals surface area contributed by atoms with Crippen molar-refractivity contribution in [2.45, 2.75) is 6.92 Å². The lowest BCUT2D eigenvalue weighted by Gasteiger charge is -1.62. The summed E-state index contributed by atoms with van der Waals surface area (Å²) in [4.78, 5) is 11.0. The third-order valence-electron chi connectivity index (χ3n) is 0.132. The highest BCUT2D eigenvalue weighted by molar-refractivity contribution is 5.66. The second-order valence-corrected chi connectivity index (χ2v) is 0.610. The predicted octanol–water partition coefficient (Wildman–Crippen LogP) is -0.00170. The zero-order valence-electron chi connectivity index (χ0n) is 2.80. The topological polar surface area (TPSA) is 50.9 Å². The lowest BCUT2D eigenvalue weighted by Crippen LogP contribution is -1.90. The molecule has 0 saturated heterocycles. The number of carbonyl (C=O) groups excluding carboxylic acids is 1. The Morgan fingerprint density at radius 3 is 2.20 bits per heavy atom. The van der Waals surface area contributed by atoms with Gasteiger partial charge in [0, 0.05) is 0 Å². The lowest BCUT2D eigenvalue weighted by molar-refractivity contribution is -0.162. The minimum absolute atomic E-state index is 0.440. The summed E-state index contributed by atoms with van der Waals surface area (Å²) in [5, 5.41) is 7.36. The molecule has 3 heteroatoms. The van der Waals surface area contributed by atoms with Gasteiger partial charge in [0.05, 0.1) is 6.92 Å². The van der Waals surface area contributed by atoms with Crippen LogP contribution in [0.5, 0.6) is 0 Å². The summed E-state index contributed by atoms with van der Waals surface area (Å²) in [5.74, 6) is -0.440. The molecule has 0 unspecified atom stereocenters. The highest BCUT2D eigenvalue weighted by Crippen LogP contribution is 1.58. The molecule has 0 fully saturated rings. The zero-order chi connectivity index (χ0) is 4.28. The second-order valence-electron chi connectivity index (χ2n) is 0.610. The van der Waals surface area contributed by atoms with E-state index in [9.17, 15) is 0 Å². The van der Waals surface area contributed by atoms with E-state index in [0.717, 1.165) is 0 Å². The molecule has 0 rings (SSSR count). The summed E-state index contributed by atoms with van der Waals surface area (Å²) in [7, 11) is 0. The minimum Gasteiger partial charge on any atom is -0.337 e. The van der Waals surface area contributed by atoms with Gasteiger partial charge in [-0.2, -0.15) is 0 Å². The molecule has 0 atom stereocenters. The van der Waals surface area contributed by atoms with Gasteiger partial charge in [-0.1, -0.05) is 5.26 Å². The van der Waals surface area contributed by atoms with E-state index < -0.39 is 5.97 Å². The highest BCUT2D eigenvalue weighted by atomic mass is 17.1. The molecule has 2 N–H and O–H groups in total. The summed E-state index contributed by atoms with van der Waals surface area (Å²) >= 11 is 0. The van der Waals surface area contributed by atoms with Gasteiger partial charge in [0.15, 0.2) is 0 Å². The van der Waals surface area contributed by atoms with Crippen molar-refractivity contribution >= 4 is 5.97 Å². The molecule has 0 aliphatic carbocycles. The predicted molar refractivity (Wildman–Crippen MR) is 16.3 cm³/mol. The Balaban J connectivity index is 2.85. The van der Waals surface area contributed by atoms with Gasteiger partial charge in [0.1, 0.15) is 0 Å². The second kappa shape index (κ2) is 1.72. The van der Waals surface area contributed by atoms with E-state index in [1.165, 1.54) is 6.92 Å². The fourth-order valence-corrected chi connectivity index (χ4v) is 0. The zero-order valence-corrected chi connectivity index (χ0v) is 2.80. The molecule has 0 saturated carbocycles. The van der Waals surface area contributed by atoms with Crippen molar-refractivity contribution in [3.05, 3.63) is 0 Å². The lowest BCUT2D eigenvalue weighted by atomic mass is 10.9. The fraction of sp³-hybridized carbons (Fsp3) is 0.500. The van der Waals surface area contributed by atoms with Gasteiger partial charge >= 0.3 is 5.97 Å². The van der Waals surface area contributed by atoms with Crippen LogP contribution in [0.25, 0.3) is 0 Å². The average Bonchev–Trinajstić information content (AvgIpc) is 1.38. The Kier molecular flexibility index (Phi) is 1.53. The van der Waals surface area contributed by atoms with Crippen LogP contribution in [-0.2, 0) is 4.89 Å². The molecule has 0 aliphatic heterocycles. The Morgan fingerprint density at radius 2 is 2.20 bits per heavy atom. The summed E-state index contributed by atoms with van der Waals surface area (Å²) in [6, 6.07) is 0. The molecular weight excluding hydrogens is 72.0 g/mol. The van der Waals surface area contributed by atoms with Crippen LogP contribution in [0.15, 0.2) is 0 Å². The molecule has 0 bridgehead atoms. The smallest absolute Gasteiger partial charge is 0.337 e. The van der Waals surface area contributed by atoms with Crippen molar-refractivity contribution in [1.82, 2.24) is 0 Å². The van der Waals surface area contributed by atoms with E-state index in [0.29, 0.717) is 0 Å². The van der Waals surface area contributed by atoms with Crippen LogP contribution in [0.1, 0.15) is 6.92 Å². The van der Waals surface area contributed by atoms with Crippen molar-refractivity contribution in [1.29, 1.82) is 0 Å². The van der Waals surface area contributed by atoms with Crippen LogP contribution in [0, 0.1) is 0 Å². The summed E-state index contributed by atoms with van der Waals surface area (Å²) < 4.78 is 0. The number of hydrogen-bond donors (Lipinski definition) is 1. The van der Waals surface area contributed by atoms with E-state index in [-0.39, 0.29) is 0 Å². The first-order valence-corrected chi connectivity index (χ1v) is 1.11. The molecule has 30 valence electrons. The van der Waals surface area contributed by atoms with Crippen LogP contribution < -0.4 is 0 Å². The molecule has 5 heavy (non-hydrogen) atoms. The van der Waals surface area contributed by atoms with Gasteiger partial charge in [0.2, 0.25) is 0 Å². The van der Waals surface area contributed by atoms with Gasteiger partial charge in [-0.15, -0.1) is 4.89 Å². The molecule has 0 amide bonds. The maximum absolute atomic E-state index is 7.81. The van der Waals surface area contributed by atoms with Crippen molar-refractivity contribution in [2.24, 2.45) is 0 Å². The van der Waals surface area contributed by atoms with Crippen molar-refractivity contribution < 1.29 is 14.9 Å². The molecule has 0 aromatic carbocycles.